The molecule has 4 rings (SSSR count). The Morgan fingerprint density at radius 2 is 1.70 bits per heavy atom. The number of nitrogens with one attached hydrogen (secondary N) is 1. The van der Waals surface area contributed by atoms with E-state index in [2.05, 4.69) is 5.32 Å². The van der Waals surface area contributed by atoms with Gasteiger partial charge in [-0.25, -0.2) is 8.42 Å². The van der Waals surface area contributed by atoms with Gasteiger partial charge in [-0.3, -0.25) is 24.0 Å². The highest BCUT2D eigenvalue weighted by Gasteiger charge is 2.28. The maximum absolute atomic E-state index is 13.4. The van der Waals surface area contributed by atoms with Gasteiger partial charge in [-0.05, 0) is 35.7 Å². The first-order valence-electron chi connectivity index (χ1n) is 11.7. The SMILES string of the molecule is O=C(CN(c1cccc([N+](=O)[O-])c1)S(=O)(=O)c1ccccc1)NCc1ccc(CN2CCCC2=O)cc1. The fraction of sp³-hybridized carbons (Fsp3) is 0.231. The Kier molecular flexibility index (Phi) is 7.83. The lowest BCUT2D eigenvalue weighted by Gasteiger charge is -2.24. The summed E-state index contributed by atoms with van der Waals surface area (Å²) in [6, 6.07) is 20.2. The number of nitrogens with zero attached hydrogens (tertiary/aromatic N) is 3. The molecule has 10 nitrogen and oxygen atoms in total. The van der Waals surface area contributed by atoms with E-state index >= 15 is 0 Å². The monoisotopic (exact) mass is 522 g/mol. The van der Waals surface area contributed by atoms with Crippen molar-refractivity contribution < 1.29 is 22.9 Å². The lowest BCUT2D eigenvalue weighted by molar-refractivity contribution is -0.384. The molecule has 1 saturated heterocycles. The molecular formula is C26H26N4O6S. The van der Waals surface area contributed by atoms with E-state index in [1.807, 2.05) is 29.2 Å². The zero-order chi connectivity index (χ0) is 26.4. The van der Waals surface area contributed by atoms with Crippen LogP contribution in [0.3, 0.4) is 0 Å². The van der Waals surface area contributed by atoms with Gasteiger partial charge in [0, 0.05) is 38.2 Å². The highest BCUT2D eigenvalue weighted by molar-refractivity contribution is 7.92. The Bertz CT molecular complexity index is 1390. The van der Waals surface area contributed by atoms with E-state index in [-0.39, 0.29) is 28.7 Å². The Balaban J connectivity index is 1.47. The summed E-state index contributed by atoms with van der Waals surface area (Å²) >= 11 is 0. The first kappa shape index (κ1) is 25.8. The molecule has 1 aliphatic rings. The molecule has 37 heavy (non-hydrogen) atoms. The van der Waals surface area contributed by atoms with Gasteiger partial charge in [0.25, 0.3) is 15.7 Å². The number of amides is 2. The molecular weight excluding hydrogens is 496 g/mol. The number of non-ortho nitro benzene ring substituents is 1. The summed E-state index contributed by atoms with van der Waals surface area (Å²) in [5.41, 5.74) is 1.50. The standard InChI is InChI=1S/C26H26N4O6S/c31-25(27-17-20-11-13-21(14-12-20)18-28-15-5-10-26(28)32)19-29(22-6-4-7-23(16-22)30(33)34)37(35,36)24-8-2-1-3-9-24/h1-4,6-9,11-14,16H,5,10,15,17-19H2,(H,27,31). The molecule has 0 bridgehead atoms. The minimum atomic E-state index is -4.18. The molecule has 2 amide bonds. The summed E-state index contributed by atoms with van der Waals surface area (Å²) in [7, 11) is -4.18. The lowest BCUT2D eigenvalue weighted by atomic mass is 10.1. The largest absolute Gasteiger partial charge is 0.350 e. The molecule has 1 fully saturated rings. The van der Waals surface area contributed by atoms with Crippen LogP contribution in [0.1, 0.15) is 24.0 Å². The predicted octanol–water partition coefficient (Wildman–Crippen LogP) is 3.23. The average molecular weight is 523 g/mol. The van der Waals surface area contributed by atoms with Crippen molar-refractivity contribution in [3.63, 3.8) is 0 Å². The zero-order valence-electron chi connectivity index (χ0n) is 19.9. The molecule has 1 heterocycles. The fourth-order valence-corrected chi connectivity index (χ4v) is 5.47. The van der Waals surface area contributed by atoms with Crippen LogP contribution in [0.2, 0.25) is 0 Å². The third kappa shape index (κ3) is 6.31. The highest BCUT2D eigenvalue weighted by Crippen LogP contribution is 2.27. The quantitative estimate of drug-likeness (QED) is 0.321. The molecule has 3 aromatic carbocycles. The molecule has 3 aromatic rings. The Labute approximate surface area is 214 Å². The molecule has 0 aliphatic carbocycles. The zero-order valence-corrected chi connectivity index (χ0v) is 20.8. The molecule has 0 radical (unpaired) electrons. The first-order chi connectivity index (χ1) is 17.7. The number of sulfonamides is 1. The third-order valence-electron chi connectivity index (χ3n) is 6.00. The normalized spacial score (nSPS) is 13.4. The van der Waals surface area contributed by atoms with Crippen molar-refractivity contribution in [3.8, 4) is 0 Å². The van der Waals surface area contributed by atoms with Gasteiger partial charge in [-0.15, -0.1) is 0 Å². The van der Waals surface area contributed by atoms with E-state index < -0.39 is 27.4 Å². The van der Waals surface area contributed by atoms with Crippen LogP contribution in [0.25, 0.3) is 0 Å². The highest BCUT2D eigenvalue weighted by atomic mass is 32.2. The van der Waals surface area contributed by atoms with Crippen molar-refractivity contribution in [3.05, 3.63) is 100 Å². The molecule has 0 saturated carbocycles. The maximum Gasteiger partial charge on any atom is 0.271 e. The third-order valence-corrected chi connectivity index (χ3v) is 7.79. The van der Waals surface area contributed by atoms with Crippen LogP contribution < -0.4 is 9.62 Å². The van der Waals surface area contributed by atoms with Crippen LogP contribution in [0.15, 0.2) is 83.8 Å². The second kappa shape index (κ2) is 11.2. The van der Waals surface area contributed by atoms with Crippen molar-refractivity contribution in [1.82, 2.24) is 10.2 Å². The number of hydrogen-bond donors (Lipinski definition) is 1. The number of benzene rings is 3. The molecule has 192 valence electrons. The molecule has 0 atom stereocenters. The average Bonchev–Trinajstić information content (AvgIpc) is 3.31. The van der Waals surface area contributed by atoms with Gasteiger partial charge in [-0.1, -0.05) is 48.5 Å². The molecule has 1 aliphatic heterocycles. The maximum atomic E-state index is 13.4. The van der Waals surface area contributed by atoms with Gasteiger partial charge in [0.2, 0.25) is 11.8 Å². The minimum Gasteiger partial charge on any atom is -0.350 e. The number of rotatable bonds is 10. The number of nitro groups is 1. The van der Waals surface area contributed by atoms with Crippen LogP contribution in [0.5, 0.6) is 0 Å². The summed E-state index contributed by atoms with van der Waals surface area (Å²) in [5, 5.41) is 14.0. The molecule has 11 heteroatoms. The van der Waals surface area contributed by atoms with Gasteiger partial charge in [0.15, 0.2) is 0 Å². The summed E-state index contributed by atoms with van der Waals surface area (Å²) < 4.78 is 27.6. The lowest BCUT2D eigenvalue weighted by Crippen LogP contribution is -2.40. The number of anilines is 1. The summed E-state index contributed by atoms with van der Waals surface area (Å²) in [6.45, 7) is 0.897. The van der Waals surface area contributed by atoms with Gasteiger partial charge in [-0.2, -0.15) is 0 Å². The van der Waals surface area contributed by atoms with Crippen LogP contribution >= 0.6 is 0 Å². The Morgan fingerprint density at radius 1 is 1.00 bits per heavy atom. The van der Waals surface area contributed by atoms with Crippen molar-refractivity contribution >= 4 is 33.2 Å². The van der Waals surface area contributed by atoms with Crippen molar-refractivity contribution in [2.45, 2.75) is 30.8 Å². The summed E-state index contributed by atoms with van der Waals surface area (Å²) in [5.74, 6) is -0.423. The van der Waals surface area contributed by atoms with Crippen molar-refractivity contribution in [1.29, 1.82) is 0 Å². The fourth-order valence-electron chi connectivity index (χ4n) is 4.04. The van der Waals surface area contributed by atoms with Crippen LogP contribution in [0, 0.1) is 10.1 Å². The Hall–Kier alpha value is -4.25. The van der Waals surface area contributed by atoms with Crippen LogP contribution in [0.4, 0.5) is 11.4 Å². The van der Waals surface area contributed by atoms with Gasteiger partial charge < -0.3 is 10.2 Å². The molecule has 1 N–H and O–H groups in total. The van der Waals surface area contributed by atoms with E-state index in [4.69, 9.17) is 0 Å². The first-order valence-corrected chi connectivity index (χ1v) is 13.1. The predicted molar refractivity (Wildman–Crippen MR) is 137 cm³/mol. The van der Waals surface area contributed by atoms with E-state index in [0.29, 0.717) is 13.0 Å². The Morgan fingerprint density at radius 3 is 2.35 bits per heavy atom. The van der Waals surface area contributed by atoms with Crippen LogP contribution in [-0.2, 0) is 32.7 Å². The summed E-state index contributed by atoms with van der Waals surface area (Å²) in [4.78, 5) is 37.1. The van der Waals surface area contributed by atoms with E-state index in [1.165, 1.54) is 30.3 Å². The number of carbonyl (C=O) groups is 2. The smallest absolute Gasteiger partial charge is 0.271 e. The number of carbonyl (C=O) groups excluding carboxylic acids is 2. The molecule has 0 spiro atoms. The number of likely N-dealkylation sites (tertiary alicyclic amines) is 1. The number of hydrogen-bond acceptors (Lipinski definition) is 6. The molecule has 0 aromatic heterocycles. The van der Waals surface area contributed by atoms with E-state index in [9.17, 15) is 28.1 Å². The second-order valence-corrected chi connectivity index (χ2v) is 10.5. The van der Waals surface area contributed by atoms with E-state index in [1.54, 1.807) is 18.2 Å². The van der Waals surface area contributed by atoms with E-state index in [0.717, 1.165) is 34.5 Å². The molecule has 0 unspecified atom stereocenters. The van der Waals surface area contributed by atoms with Crippen LogP contribution in [-0.4, -0.2) is 43.1 Å². The van der Waals surface area contributed by atoms with Gasteiger partial charge >= 0.3 is 0 Å². The number of nitro benzene ring substituents is 1. The topological polar surface area (TPSA) is 130 Å². The van der Waals surface area contributed by atoms with Crippen molar-refractivity contribution in [2.24, 2.45) is 0 Å². The van der Waals surface area contributed by atoms with Crippen molar-refractivity contribution in [2.75, 3.05) is 17.4 Å². The van der Waals surface area contributed by atoms with Gasteiger partial charge in [0.05, 0.1) is 15.5 Å². The minimum absolute atomic E-state index is 0.00835. The van der Waals surface area contributed by atoms with Gasteiger partial charge in [0.1, 0.15) is 6.54 Å². The summed E-state index contributed by atoms with van der Waals surface area (Å²) in [6.07, 6.45) is 1.45. The second-order valence-electron chi connectivity index (χ2n) is 8.61.